The molecule has 3 nitrogen and oxygen atoms in total. The molecule has 0 aliphatic carbocycles. The number of rotatable bonds is 4. The number of aryl methyl sites for hydroxylation is 1. The minimum atomic E-state index is -0.428. The van der Waals surface area contributed by atoms with Crippen molar-refractivity contribution in [3.63, 3.8) is 0 Å². The van der Waals surface area contributed by atoms with Crippen molar-refractivity contribution in [3.05, 3.63) is 65.2 Å². The van der Waals surface area contributed by atoms with Gasteiger partial charge in [0.1, 0.15) is 0 Å². The Morgan fingerprint density at radius 3 is 2.43 bits per heavy atom. The van der Waals surface area contributed by atoms with Crippen molar-refractivity contribution in [2.24, 2.45) is 0 Å². The lowest BCUT2D eigenvalue weighted by atomic mass is 10.1. The van der Waals surface area contributed by atoms with Crippen LogP contribution in [-0.2, 0) is 17.8 Å². The number of hydrogen-bond acceptors (Lipinski definition) is 2. The Labute approximate surface area is 124 Å². The van der Waals surface area contributed by atoms with Crippen LogP contribution in [0.1, 0.15) is 34.8 Å². The van der Waals surface area contributed by atoms with Crippen molar-refractivity contribution in [2.75, 3.05) is 4.90 Å². The van der Waals surface area contributed by atoms with E-state index in [-0.39, 0.29) is 0 Å². The van der Waals surface area contributed by atoms with Crippen molar-refractivity contribution in [2.45, 2.75) is 26.3 Å². The Bertz CT molecular complexity index is 692. The molecule has 0 atom stereocenters. The van der Waals surface area contributed by atoms with Crippen LogP contribution < -0.4 is 4.90 Å². The van der Waals surface area contributed by atoms with E-state index in [4.69, 9.17) is 0 Å². The van der Waals surface area contributed by atoms with E-state index in [9.17, 15) is 9.59 Å². The van der Waals surface area contributed by atoms with Crippen molar-refractivity contribution in [1.82, 2.24) is 0 Å². The first-order valence-electron chi connectivity index (χ1n) is 7.23. The van der Waals surface area contributed by atoms with E-state index < -0.39 is 11.7 Å². The molecule has 1 aliphatic heterocycles. The van der Waals surface area contributed by atoms with Crippen LogP contribution in [0.2, 0.25) is 0 Å². The smallest absolute Gasteiger partial charge is 0.299 e. The third kappa shape index (κ3) is 2.47. The summed E-state index contributed by atoms with van der Waals surface area (Å²) in [5, 5.41) is 0. The number of carbonyl (C=O) groups is 2. The van der Waals surface area contributed by atoms with Gasteiger partial charge in [-0.2, -0.15) is 0 Å². The lowest BCUT2D eigenvalue weighted by molar-refractivity contribution is -0.114. The molecule has 106 valence electrons. The topological polar surface area (TPSA) is 37.4 Å². The molecule has 2 aromatic rings. The Morgan fingerprint density at radius 2 is 1.71 bits per heavy atom. The highest BCUT2D eigenvalue weighted by Crippen LogP contribution is 2.31. The van der Waals surface area contributed by atoms with E-state index in [1.165, 1.54) is 0 Å². The summed E-state index contributed by atoms with van der Waals surface area (Å²) >= 11 is 0. The predicted octanol–water partition coefficient (Wildman–Crippen LogP) is 3.37. The van der Waals surface area contributed by atoms with Gasteiger partial charge in [-0.1, -0.05) is 49.7 Å². The number of amides is 1. The lowest BCUT2D eigenvalue weighted by Crippen LogP contribution is -2.29. The third-order valence-electron chi connectivity index (χ3n) is 3.76. The second-order valence-electron chi connectivity index (χ2n) is 5.31. The van der Waals surface area contributed by atoms with Crippen LogP contribution in [0.5, 0.6) is 0 Å². The maximum atomic E-state index is 12.2. The monoisotopic (exact) mass is 279 g/mol. The summed E-state index contributed by atoms with van der Waals surface area (Å²) < 4.78 is 0. The Balaban J connectivity index is 1.97. The maximum Gasteiger partial charge on any atom is 0.299 e. The SMILES string of the molecule is CCCc1ccc2c(c1)N(Cc1ccccc1)C(=O)C2=O. The fourth-order valence-electron chi connectivity index (χ4n) is 2.71. The molecule has 3 heteroatoms. The zero-order valence-corrected chi connectivity index (χ0v) is 12.0. The summed E-state index contributed by atoms with van der Waals surface area (Å²) in [7, 11) is 0. The first kappa shape index (κ1) is 13.6. The van der Waals surface area contributed by atoms with Gasteiger partial charge in [0.2, 0.25) is 0 Å². The molecule has 0 saturated heterocycles. The van der Waals surface area contributed by atoms with Crippen molar-refractivity contribution < 1.29 is 9.59 Å². The maximum absolute atomic E-state index is 12.2. The van der Waals surface area contributed by atoms with Crippen LogP contribution in [0.4, 0.5) is 5.69 Å². The summed E-state index contributed by atoms with van der Waals surface area (Å²) in [6.45, 7) is 2.55. The van der Waals surface area contributed by atoms with Gasteiger partial charge in [0.15, 0.2) is 0 Å². The standard InChI is InChI=1S/C18H17NO2/c1-2-6-13-9-10-15-16(11-13)19(18(21)17(15)20)12-14-7-4-3-5-8-14/h3-5,7-11H,2,6,12H2,1H3. The molecular formula is C18H17NO2. The second-order valence-corrected chi connectivity index (χ2v) is 5.31. The van der Waals surface area contributed by atoms with Gasteiger partial charge in [-0.15, -0.1) is 0 Å². The van der Waals surface area contributed by atoms with E-state index in [1.807, 2.05) is 42.5 Å². The van der Waals surface area contributed by atoms with Crippen molar-refractivity contribution in [1.29, 1.82) is 0 Å². The highest BCUT2D eigenvalue weighted by atomic mass is 16.2. The zero-order chi connectivity index (χ0) is 14.8. The average Bonchev–Trinajstić information content (AvgIpc) is 2.74. The number of fused-ring (bicyclic) bond motifs is 1. The molecule has 3 rings (SSSR count). The number of carbonyl (C=O) groups excluding carboxylic acids is 2. The normalized spacial score (nSPS) is 13.7. The van der Waals surface area contributed by atoms with Crippen LogP contribution in [-0.4, -0.2) is 11.7 Å². The fraction of sp³-hybridized carbons (Fsp3) is 0.222. The number of ketones is 1. The molecule has 0 fully saturated rings. The van der Waals surface area contributed by atoms with Gasteiger partial charge in [0.05, 0.1) is 17.8 Å². The van der Waals surface area contributed by atoms with Crippen LogP contribution in [0.3, 0.4) is 0 Å². The summed E-state index contributed by atoms with van der Waals surface area (Å²) in [4.78, 5) is 25.9. The van der Waals surface area contributed by atoms with Gasteiger partial charge >= 0.3 is 0 Å². The zero-order valence-electron chi connectivity index (χ0n) is 12.0. The van der Waals surface area contributed by atoms with Gasteiger partial charge in [-0.05, 0) is 29.7 Å². The highest BCUT2D eigenvalue weighted by Gasteiger charge is 2.35. The van der Waals surface area contributed by atoms with E-state index in [0.717, 1.165) is 29.7 Å². The number of nitrogens with zero attached hydrogens (tertiary/aromatic N) is 1. The minimum absolute atomic E-state index is 0.399. The van der Waals surface area contributed by atoms with E-state index in [1.54, 1.807) is 11.0 Å². The van der Waals surface area contributed by atoms with E-state index >= 15 is 0 Å². The predicted molar refractivity (Wildman–Crippen MR) is 82.4 cm³/mol. The third-order valence-corrected chi connectivity index (χ3v) is 3.76. The Morgan fingerprint density at radius 1 is 0.952 bits per heavy atom. The summed E-state index contributed by atoms with van der Waals surface area (Å²) in [6, 6.07) is 15.4. The van der Waals surface area contributed by atoms with Gasteiger partial charge in [-0.25, -0.2) is 0 Å². The summed E-state index contributed by atoms with van der Waals surface area (Å²) in [5.41, 5.74) is 3.46. The molecule has 21 heavy (non-hydrogen) atoms. The van der Waals surface area contributed by atoms with Gasteiger partial charge in [0, 0.05) is 0 Å². The van der Waals surface area contributed by atoms with Gasteiger partial charge in [-0.3, -0.25) is 9.59 Å². The Hall–Kier alpha value is -2.42. The molecule has 0 spiro atoms. The quantitative estimate of drug-likeness (QED) is 0.805. The molecule has 0 radical (unpaired) electrons. The highest BCUT2D eigenvalue weighted by molar-refractivity contribution is 6.52. The fourth-order valence-corrected chi connectivity index (χ4v) is 2.71. The molecule has 1 aliphatic rings. The number of hydrogen-bond donors (Lipinski definition) is 0. The molecule has 1 amide bonds. The van der Waals surface area contributed by atoms with Gasteiger partial charge in [0.25, 0.3) is 11.7 Å². The van der Waals surface area contributed by atoms with E-state index in [2.05, 4.69) is 6.92 Å². The molecular weight excluding hydrogens is 262 g/mol. The molecule has 0 N–H and O–H groups in total. The number of benzene rings is 2. The van der Waals surface area contributed by atoms with Crippen LogP contribution >= 0.6 is 0 Å². The minimum Gasteiger partial charge on any atom is -0.300 e. The average molecular weight is 279 g/mol. The van der Waals surface area contributed by atoms with Crippen molar-refractivity contribution in [3.8, 4) is 0 Å². The molecule has 0 aromatic heterocycles. The lowest BCUT2D eigenvalue weighted by Gasteiger charge is -2.17. The molecule has 1 heterocycles. The van der Waals surface area contributed by atoms with Crippen molar-refractivity contribution >= 4 is 17.4 Å². The first-order valence-corrected chi connectivity index (χ1v) is 7.23. The summed E-state index contributed by atoms with van der Waals surface area (Å²) in [5.74, 6) is -0.827. The largest absolute Gasteiger partial charge is 0.300 e. The second kappa shape index (κ2) is 5.52. The van der Waals surface area contributed by atoms with E-state index in [0.29, 0.717) is 12.1 Å². The van der Waals surface area contributed by atoms with Gasteiger partial charge < -0.3 is 4.90 Å². The van der Waals surface area contributed by atoms with Crippen LogP contribution in [0.25, 0.3) is 0 Å². The van der Waals surface area contributed by atoms with Crippen LogP contribution in [0.15, 0.2) is 48.5 Å². The number of Topliss-reactive ketones (excluding diaryl/α,β-unsaturated/α-hetero) is 1. The molecule has 0 saturated carbocycles. The van der Waals surface area contributed by atoms with Crippen LogP contribution in [0, 0.1) is 0 Å². The molecule has 2 aromatic carbocycles. The summed E-state index contributed by atoms with van der Waals surface area (Å²) in [6.07, 6.45) is 1.99. The first-order chi connectivity index (χ1) is 10.2. The number of anilines is 1. The Kier molecular flexibility index (Phi) is 3.57. The molecule has 0 bridgehead atoms. The molecule has 0 unspecified atom stereocenters.